The third-order valence-electron chi connectivity index (χ3n) is 9.70. The lowest BCUT2D eigenvalue weighted by Crippen LogP contribution is -3.07. The van der Waals surface area contributed by atoms with Gasteiger partial charge in [0.1, 0.15) is 29.6 Å². The number of aryl methyl sites for hydroxylation is 2. The first-order valence-electron chi connectivity index (χ1n) is 16.0. The van der Waals surface area contributed by atoms with Gasteiger partial charge < -0.3 is 34.8 Å². The number of hydrogen-bond donors (Lipinski definition) is 5. The first-order chi connectivity index (χ1) is 22.4. The molecule has 3 aliphatic rings. The number of hydrogen-bond acceptors (Lipinski definition) is 7. The number of fused-ring (bicyclic) bond motifs is 5. The highest BCUT2D eigenvalue weighted by atomic mass is 16.5. The van der Waals surface area contributed by atoms with Crippen LogP contribution in [0.25, 0.3) is 11.1 Å². The summed E-state index contributed by atoms with van der Waals surface area (Å²) in [7, 11) is 3.22. The van der Waals surface area contributed by atoms with E-state index in [1.165, 1.54) is 17.6 Å². The van der Waals surface area contributed by atoms with Crippen LogP contribution in [0.2, 0.25) is 0 Å². The summed E-state index contributed by atoms with van der Waals surface area (Å²) in [4.78, 5) is 1.36. The zero-order valence-electron chi connectivity index (χ0n) is 26.3. The monoisotopic (exact) mass is 621 g/mol. The molecule has 5 N–H and O–H groups in total. The largest absolute Gasteiger partial charge is 0.508 e. The number of methoxy groups -OCH3 is 2. The van der Waals surface area contributed by atoms with Crippen LogP contribution in [-0.2, 0) is 25.7 Å². The van der Waals surface area contributed by atoms with Crippen molar-refractivity contribution >= 4 is 0 Å². The Kier molecular flexibility index (Phi) is 8.23. The number of phenols is 2. The molecule has 0 saturated heterocycles. The summed E-state index contributed by atoms with van der Waals surface area (Å²) >= 11 is 0. The Morgan fingerprint density at radius 2 is 1.76 bits per heavy atom. The van der Waals surface area contributed by atoms with Gasteiger partial charge in [0.25, 0.3) is 0 Å². The number of phenolic OH excluding ortho intramolecular Hbond substituents is 2. The van der Waals surface area contributed by atoms with Gasteiger partial charge in [-0.2, -0.15) is 0 Å². The highest BCUT2D eigenvalue weighted by Gasteiger charge is 2.38. The van der Waals surface area contributed by atoms with E-state index in [4.69, 9.17) is 14.2 Å². The second-order valence-corrected chi connectivity index (χ2v) is 12.5. The average molecular weight is 622 g/mol. The summed E-state index contributed by atoms with van der Waals surface area (Å²) in [5, 5.41) is 36.4. The number of rotatable bonds is 9. The van der Waals surface area contributed by atoms with E-state index in [1.807, 2.05) is 48.7 Å². The summed E-state index contributed by atoms with van der Waals surface area (Å²) in [5.74, 6) is 2.29. The van der Waals surface area contributed by atoms with Crippen LogP contribution in [0.4, 0.5) is 0 Å². The molecule has 4 unspecified atom stereocenters. The Balaban J connectivity index is 1.27. The molecule has 0 saturated carbocycles. The number of aliphatic hydroxyl groups is 1. The van der Waals surface area contributed by atoms with Crippen molar-refractivity contribution in [1.82, 2.24) is 5.32 Å². The second-order valence-electron chi connectivity index (χ2n) is 12.5. The average Bonchev–Trinajstić information content (AvgIpc) is 3.60. The van der Waals surface area contributed by atoms with Crippen LogP contribution in [-0.4, -0.2) is 48.9 Å². The maximum atomic E-state index is 11.7. The maximum Gasteiger partial charge on any atom is 0.161 e. The molecule has 8 heteroatoms. The Hall–Kier alpha value is -4.66. The summed E-state index contributed by atoms with van der Waals surface area (Å²) in [6.45, 7) is 1.80. The van der Waals surface area contributed by atoms with Gasteiger partial charge >= 0.3 is 0 Å². The lowest BCUT2D eigenvalue weighted by molar-refractivity contribution is -0.843. The zero-order chi connectivity index (χ0) is 31.8. The minimum absolute atomic E-state index is 0.112. The summed E-state index contributed by atoms with van der Waals surface area (Å²) in [5.41, 5.74) is 7.99. The van der Waals surface area contributed by atoms with E-state index in [1.54, 1.807) is 19.2 Å². The third-order valence-corrected chi connectivity index (χ3v) is 9.70. The molecule has 0 bridgehead atoms. The van der Waals surface area contributed by atoms with Gasteiger partial charge in [0.15, 0.2) is 18.2 Å². The molecule has 4 aromatic carbocycles. The van der Waals surface area contributed by atoms with E-state index in [0.29, 0.717) is 30.1 Å². The molecule has 0 spiro atoms. The van der Waals surface area contributed by atoms with Crippen LogP contribution in [0.3, 0.4) is 0 Å². The normalized spacial score (nSPS) is 21.0. The van der Waals surface area contributed by atoms with Crippen molar-refractivity contribution in [3.8, 4) is 39.9 Å². The van der Waals surface area contributed by atoms with Crippen LogP contribution in [0.1, 0.15) is 51.8 Å². The van der Waals surface area contributed by atoms with Crippen molar-refractivity contribution in [3.63, 3.8) is 0 Å². The Morgan fingerprint density at radius 3 is 2.52 bits per heavy atom. The minimum atomic E-state index is -0.820. The van der Waals surface area contributed by atoms with Gasteiger partial charge in [0, 0.05) is 30.0 Å². The van der Waals surface area contributed by atoms with Crippen molar-refractivity contribution in [2.45, 2.75) is 50.2 Å². The fraction of sp³-hybridized carbons (Fsp3) is 0.316. The summed E-state index contributed by atoms with van der Waals surface area (Å²) in [6.07, 6.45) is 6.16. The van der Waals surface area contributed by atoms with E-state index in [9.17, 15) is 15.3 Å². The number of aliphatic hydroxyl groups excluding tert-OH is 1. The van der Waals surface area contributed by atoms with Crippen LogP contribution < -0.4 is 24.4 Å². The van der Waals surface area contributed by atoms with Crippen LogP contribution in [0.15, 0.2) is 79.1 Å². The van der Waals surface area contributed by atoms with E-state index in [-0.39, 0.29) is 17.4 Å². The fourth-order valence-corrected chi connectivity index (χ4v) is 7.41. The van der Waals surface area contributed by atoms with Crippen molar-refractivity contribution in [2.75, 3.05) is 27.4 Å². The van der Waals surface area contributed by atoms with E-state index >= 15 is 0 Å². The summed E-state index contributed by atoms with van der Waals surface area (Å²) in [6, 6.07) is 21.4. The van der Waals surface area contributed by atoms with Gasteiger partial charge in [-0.25, -0.2) is 0 Å². The maximum absolute atomic E-state index is 11.7. The Labute approximate surface area is 269 Å². The molecule has 238 valence electrons. The van der Waals surface area contributed by atoms with Crippen molar-refractivity contribution in [1.29, 1.82) is 0 Å². The second kappa shape index (κ2) is 12.6. The van der Waals surface area contributed by atoms with Crippen LogP contribution >= 0.6 is 0 Å². The minimum Gasteiger partial charge on any atom is -0.508 e. The van der Waals surface area contributed by atoms with Gasteiger partial charge in [-0.3, -0.25) is 4.90 Å². The fourth-order valence-electron chi connectivity index (χ4n) is 7.41. The van der Waals surface area contributed by atoms with E-state index in [0.717, 1.165) is 71.4 Å². The smallest absolute Gasteiger partial charge is 0.161 e. The van der Waals surface area contributed by atoms with Gasteiger partial charge in [-0.15, -0.1) is 0 Å². The molecular formula is C38H41N2O6+. The molecule has 1 aliphatic carbocycles. The standard InChI is InChI=1S/C38H40N2O6/c1-44-33-21-32-30(35-24(12-14-40-15-13-39-22-40)16-26-18-28(41)10-11-29(26)36(33)35)20-31(42)38(46-32)27-17-25(37(43)34(19-27)45-2)9-8-23-6-4-3-5-7-23/h3-7,10-11,13,15,17-19,21,24,31,38-39,41-43H,8-9,12,14,16,20,22H2,1-2H3/p+1. The van der Waals surface area contributed by atoms with Crippen LogP contribution in [0.5, 0.6) is 28.7 Å². The van der Waals surface area contributed by atoms with E-state index in [2.05, 4.69) is 23.6 Å². The number of nitrogens with one attached hydrogen (secondary N) is 2. The Bertz CT molecular complexity index is 1770. The van der Waals surface area contributed by atoms with Gasteiger partial charge in [0.2, 0.25) is 0 Å². The molecule has 4 atom stereocenters. The number of aromatic hydroxyl groups is 2. The molecule has 7 rings (SSSR count). The van der Waals surface area contributed by atoms with E-state index < -0.39 is 12.2 Å². The molecule has 8 nitrogen and oxygen atoms in total. The molecule has 0 radical (unpaired) electrons. The van der Waals surface area contributed by atoms with Crippen LogP contribution in [0, 0.1) is 0 Å². The number of ether oxygens (including phenoxy) is 3. The summed E-state index contributed by atoms with van der Waals surface area (Å²) < 4.78 is 18.3. The lowest BCUT2D eigenvalue weighted by atomic mass is 9.73. The van der Waals surface area contributed by atoms with Crippen molar-refractivity contribution in [2.24, 2.45) is 0 Å². The lowest BCUT2D eigenvalue weighted by Gasteiger charge is -2.37. The highest BCUT2D eigenvalue weighted by molar-refractivity contribution is 5.83. The quantitative estimate of drug-likeness (QED) is 0.187. The van der Waals surface area contributed by atoms with Crippen molar-refractivity contribution < 1.29 is 34.4 Å². The molecule has 2 aliphatic heterocycles. The number of benzene rings is 4. The van der Waals surface area contributed by atoms with Gasteiger partial charge in [-0.05, 0) is 82.8 Å². The molecule has 0 aromatic heterocycles. The van der Waals surface area contributed by atoms with Gasteiger partial charge in [-0.1, -0.05) is 36.4 Å². The van der Waals surface area contributed by atoms with Crippen molar-refractivity contribution in [3.05, 3.63) is 113 Å². The molecule has 4 aromatic rings. The molecule has 0 fully saturated rings. The molecule has 2 heterocycles. The Morgan fingerprint density at radius 1 is 0.935 bits per heavy atom. The number of quaternary nitrogens is 1. The first kappa shape index (κ1) is 30.0. The molecule has 46 heavy (non-hydrogen) atoms. The predicted octanol–water partition coefficient (Wildman–Crippen LogP) is 4.55. The topological polar surface area (TPSA) is 105 Å². The third kappa shape index (κ3) is 5.63. The predicted molar refractivity (Wildman–Crippen MR) is 176 cm³/mol. The zero-order valence-corrected chi connectivity index (χ0v) is 26.3. The van der Waals surface area contributed by atoms with Gasteiger partial charge in [0.05, 0.1) is 33.1 Å². The highest BCUT2D eigenvalue weighted by Crippen LogP contribution is 2.53. The SMILES string of the molecule is COc1cc(C2Oc3cc(OC)c4c(c3CC2O)C(CC[NH+]2C=CNC2)Cc2cc(O)ccc2-4)cc(CCc2ccccc2)c1O. The molecular weight excluding hydrogens is 580 g/mol. The molecule has 0 amide bonds. The first-order valence-corrected chi connectivity index (χ1v) is 16.0.